The van der Waals surface area contributed by atoms with Crippen LogP contribution in [0.25, 0.3) is 0 Å². The third-order valence-corrected chi connectivity index (χ3v) is 2.89. The van der Waals surface area contributed by atoms with Crippen LogP contribution in [0.1, 0.15) is 64.2 Å². The molecule has 0 aromatic rings. The van der Waals surface area contributed by atoms with Crippen molar-refractivity contribution in [3.63, 3.8) is 0 Å². The van der Waals surface area contributed by atoms with Gasteiger partial charge in [0.15, 0.2) is 0 Å². The minimum absolute atomic E-state index is 0.170. The van der Waals surface area contributed by atoms with Crippen LogP contribution in [0.3, 0.4) is 0 Å². The molecule has 0 spiro atoms. The Labute approximate surface area is 93.1 Å². The lowest BCUT2D eigenvalue weighted by atomic mass is 10.1. The number of rotatable bonds is 0. The lowest BCUT2D eigenvalue weighted by Gasteiger charge is -2.03. The summed E-state index contributed by atoms with van der Waals surface area (Å²) in [6.07, 6.45) is 15.9. The van der Waals surface area contributed by atoms with Crippen LogP contribution in [0.5, 0.6) is 0 Å². The molecule has 1 aliphatic heterocycles. The number of carbonyl (C=O) groups excluding carboxylic acids is 1. The van der Waals surface area contributed by atoms with Gasteiger partial charge in [0, 0.05) is 6.42 Å². The summed E-state index contributed by atoms with van der Waals surface area (Å²) < 4.78 is 0. The van der Waals surface area contributed by atoms with Crippen LogP contribution < -0.4 is 5.32 Å². The number of nitrogens with one attached hydrogen (secondary N) is 1. The van der Waals surface area contributed by atoms with Crippen molar-refractivity contribution in [1.29, 1.82) is 0 Å². The Morgan fingerprint density at radius 1 is 0.867 bits per heavy atom. The summed E-state index contributed by atoms with van der Waals surface area (Å²) in [5.74, 6) is 0.170. The maximum absolute atomic E-state index is 11.3. The Morgan fingerprint density at radius 3 is 2.20 bits per heavy atom. The second-order valence-electron chi connectivity index (χ2n) is 4.34. The van der Waals surface area contributed by atoms with Gasteiger partial charge in [-0.15, -0.1) is 0 Å². The van der Waals surface area contributed by atoms with E-state index in [4.69, 9.17) is 0 Å². The lowest BCUT2D eigenvalue weighted by molar-refractivity contribution is -0.120. The molecule has 86 valence electrons. The molecule has 1 N–H and O–H groups in total. The summed E-state index contributed by atoms with van der Waals surface area (Å²) in [5, 5.41) is 2.82. The highest BCUT2D eigenvalue weighted by Crippen LogP contribution is 2.11. The van der Waals surface area contributed by atoms with Crippen molar-refractivity contribution >= 4 is 5.91 Å². The van der Waals surface area contributed by atoms with Gasteiger partial charge in [0.25, 0.3) is 0 Å². The molecule has 0 bridgehead atoms. The van der Waals surface area contributed by atoms with E-state index < -0.39 is 0 Å². The second-order valence-corrected chi connectivity index (χ2v) is 4.34. The van der Waals surface area contributed by atoms with Crippen LogP contribution in [-0.2, 0) is 4.79 Å². The number of hydrogen-bond donors (Lipinski definition) is 1. The molecule has 0 radical (unpaired) electrons. The van der Waals surface area contributed by atoms with E-state index in [2.05, 4.69) is 11.4 Å². The quantitative estimate of drug-likeness (QED) is 0.649. The molecular weight excluding hydrogens is 186 g/mol. The van der Waals surface area contributed by atoms with Gasteiger partial charge < -0.3 is 5.32 Å². The summed E-state index contributed by atoms with van der Waals surface area (Å²) >= 11 is 0. The van der Waals surface area contributed by atoms with Crippen molar-refractivity contribution in [2.24, 2.45) is 0 Å². The third-order valence-electron chi connectivity index (χ3n) is 2.89. The summed E-state index contributed by atoms with van der Waals surface area (Å²) in [6.45, 7) is 0. The fourth-order valence-electron chi connectivity index (χ4n) is 1.92. The summed E-state index contributed by atoms with van der Waals surface area (Å²) in [6, 6.07) is 0. The van der Waals surface area contributed by atoms with Crippen LogP contribution >= 0.6 is 0 Å². The average molecular weight is 209 g/mol. The third kappa shape index (κ3) is 7.18. The van der Waals surface area contributed by atoms with Crippen LogP contribution in [0, 0.1) is 0 Å². The van der Waals surface area contributed by atoms with Crippen molar-refractivity contribution in [3.05, 3.63) is 12.3 Å². The fourth-order valence-corrected chi connectivity index (χ4v) is 1.92. The van der Waals surface area contributed by atoms with E-state index in [1.165, 1.54) is 44.9 Å². The van der Waals surface area contributed by atoms with Gasteiger partial charge >= 0.3 is 0 Å². The molecule has 1 aliphatic rings. The van der Waals surface area contributed by atoms with E-state index in [0.717, 1.165) is 12.8 Å². The van der Waals surface area contributed by atoms with Crippen molar-refractivity contribution in [3.8, 4) is 0 Å². The van der Waals surface area contributed by atoms with E-state index in [9.17, 15) is 4.79 Å². The van der Waals surface area contributed by atoms with Crippen LogP contribution in [0.15, 0.2) is 12.3 Å². The van der Waals surface area contributed by atoms with Gasteiger partial charge in [-0.25, -0.2) is 0 Å². The van der Waals surface area contributed by atoms with E-state index in [1.807, 2.05) is 6.20 Å². The van der Waals surface area contributed by atoms with Crippen molar-refractivity contribution in [2.75, 3.05) is 0 Å². The number of hydrogen-bond acceptors (Lipinski definition) is 1. The zero-order chi connectivity index (χ0) is 10.8. The molecule has 1 rings (SSSR count). The molecule has 1 heterocycles. The normalized spacial score (nSPS) is 23.9. The molecule has 15 heavy (non-hydrogen) atoms. The van der Waals surface area contributed by atoms with E-state index >= 15 is 0 Å². The van der Waals surface area contributed by atoms with Gasteiger partial charge in [0.2, 0.25) is 5.91 Å². The molecule has 0 saturated heterocycles. The Bertz CT molecular complexity index is 199. The topological polar surface area (TPSA) is 29.1 Å². The fraction of sp³-hybridized carbons (Fsp3) is 0.769. The number of allylic oxidation sites excluding steroid dienone is 1. The van der Waals surface area contributed by atoms with Crippen LogP contribution in [-0.4, -0.2) is 5.91 Å². The predicted octanol–water partition coefficient (Wildman–Crippen LogP) is 3.53. The monoisotopic (exact) mass is 209 g/mol. The molecule has 0 atom stereocenters. The van der Waals surface area contributed by atoms with E-state index in [0.29, 0.717) is 6.42 Å². The molecule has 0 aromatic carbocycles. The molecule has 0 unspecified atom stereocenters. The van der Waals surface area contributed by atoms with Gasteiger partial charge in [-0.05, 0) is 25.5 Å². The SMILES string of the molecule is O=C1CCCCCCCCCC/C=C/N1. The van der Waals surface area contributed by atoms with Gasteiger partial charge in [0.05, 0.1) is 0 Å². The predicted molar refractivity (Wildman–Crippen MR) is 63.5 cm³/mol. The Balaban J connectivity index is 2.22. The Kier molecular flexibility index (Phi) is 6.97. The molecule has 2 nitrogen and oxygen atoms in total. The highest BCUT2D eigenvalue weighted by molar-refractivity contribution is 5.76. The van der Waals surface area contributed by atoms with Gasteiger partial charge in [0.1, 0.15) is 0 Å². The smallest absolute Gasteiger partial charge is 0.223 e. The maximum atomic E-state index is 11.3. The zero-order valence-electron chi connectivity index (χ0n) is 9.63. The first-order valence-electron chi connectivity index (χ1n) is 6.34. The Hall–Kier alpha value is -0.790. The van der Waals surface area contributed by atoms with Crippen molar-refractivity contribution in [2.45, 2.75) is 64.2 Å². The highest BCUT2D eigenvalue weighted by Gasteiger charge is 1.99. The molecule has 1 amide bonds. The Morgan fingerprint density at radius 2 is 1.47 bits per heavy atom. The van der Waals surface area contributed by atoms with Crippen LogP contribution in [0.2, 0.25) is 0 Å². The lowest BCUT2D eigenvalue weighted by Crippen LogP contribution is -2.16. The molecule has 2 heteroatoms. The second kappa shape index (κ2) is 8.51. The molecule has 0 aliphatic carbocycles. The first-order valence-corrected chi connectivity index (χ1v) is 6.34. The van der Waals surface area contributed by atoms with Gasteiger partial charge in [-0.1, -0.05) is 44.6 Å². The van der Waals surface area contributed by atoms with Gasteiger partial charge in [-0.2, -0.15) is 0 Å². The average Bonchev–Trinajstić information content (AvgIpc) is 2.24. The standard InChI is InChI=1S/C13H23NO/c15-13-11-9-7-5-3-1-2-4-6-8-10-12-14-13/h10,12H,1-9,11H2,(H,14,15)/b12-10+. The summed E-state index contributed by atoms with van der Waals surface area (Å²) in [5.41, 5.74) is 0. The molecule has 0 fully saturated rings. The highest BCUT2D eigenvalue weighted by atomic mass is 16.1. The number of carbonyl (C=O) groups is 1. The minimum atomic E-state index is 0.170. The van der Waals surface area contributed by atoms with Gasteiger partial charge in [-0.3, -0.25) is 4.79 Å². The van der Waals surface area contributed by atoms with E-state index in [-0.39, 0.29) is 5.91 Å². The maximum Gasteiger partial charge on any atom is 0.223 e. The molecular formula is C13H23NO. The summed E-state index contributed by atoms with van der Waals surface area (Å²) in [4.78, 5) is 11.3. The minimum Gasteiger partial charge on any atom is -0.333 e. The largest absolute Gasteiger partial charge is 0.333 e. The first kappa shape index (κ1) is 12.3. The number of amides is 1. The van der Waals surface area contributed by atoms with E-state index in [1.54, 1.807) is 0 Å². The van der Waals surface area contributed by atoms with Crippen LogP contribution in [0.4, 0.5) is 0 Å². The first-order chi connectivity index (χ1) is 7.39. The zero-order valence-corrected chi connectivity index (χ0v) is 9.63. The molecule has 0 saturated carbocycles. The van der Waals surface area contributed by atoms with Crippen molar-refractivity contribution < 1.29 is 4.79 Å². The summed E-state index contributed by atoms with van der Waals surface area (Å²) in [7, 11) is 0. The molecule has 0 aromatic heterocycles. The van der Waals surface area contributed by atoms with Crippen molar-refractivity contribution in [1.82, 2.24) is 5.32 Å².